The molecular formula is C29H27FN6O2. The second kappa shape index (κ2) is 10.3. The number of aromatic nitrogens is 2. The molecular weight excluding hydrogens is 483 g/mol. The third-order valence-corrected chi connectivity index (χ3v) is 6.80. The zero-order valence-electron chi connectivity index (χ0n) is 21.1. The first-order valence-electron chi connectivity index (χ1n) is 12.4. The van der Waals surface area contributed by atoms with E-state index in [-0.39, 0.29) is 23.1 Å². The molecule has 1 aliphatic heterocycles. The van der Waals surface area contributed by atoms with E-state index in [4.69, 9.17) is 4.98 Å². The molecule has 0 spiro atoms. The van der Waals surface area contributed by atoms with Crippen molar-refractivity contribution in [1.82, 2.24) is 9.97 Å². The van der Waals surface area contributed by atoms with Gasteiger partial charge in [0.1, 0.15) is 11.9 Å². The van der Waals surface area contributed by atoms with Crippen molar-refractivity contribution in [3.8, 4) is 6.07 Å². The number of rotatable bonds is 6. The lowest BCUT2D eigenvalue weighted by atomic mass is 10.0. The Morgan fingerprint density at radius 2 is 1.74 bits per heavy atom. The number of aryl methyl sites for hydroxylation is 1. The van der Waals surface area contributed by atoms with Gasteiger partial charge in [0.05, 0.1) is 22.6 Å². The molecule has 1 aliphatic rings. The smallest absolute Gasteiger partial charge is 0.337 e. The fraction of sp³-hybridized carbons (Fsp3) is 0.241. The third kappa shape index (κ3) is 4.93. The number of benzene rings is 3. The molecule has 9 heteroatoms. The van der Waals surface area contributed by atoms with Gasteiger partial charge in [0, 0.05) is 43.1 Å². The number of fused-ring (bicyclic) bond motifs is 1. The summed E-state index contributed by atoms with van der Waals surface area (Å²) in [6, 6.07) is 19.1. The Morgan fingerprint density at radius 3 is 2.42 bits per heavy atom. The fourth-order valence-corrected chi connectivity index (χ4v) is 4.88. The molecule has 0 aliphatic carbocycles. The van der Waals surface area contributed by atoms with Gasteiger partial charge in [-0.1, -0.05) is 18.2 Å². The van der Waals surface area contributed by atoms with E-state index in [1.165, 1.54) is 12.1 Å². The lowest BCUT2D eigenvalue weighted by Crippen LogP contribution is -2.47. The maximum atomic E-state index is 13.3. The van der Waals surface area contributed by atoms with Crippen molar-refractivity contribution < 1.29 is 14.3 Å². The van der Waals surface area contributed by atoms with Gasteiger partial charge in [-0.3, -0.25) is 0 Å². The Balaban J connectivity index is 1.47. The second-order valence-corrected chi connectivity index (χ2v) is 9.40. The van der Waals surface area contributed by atoms with Crippen LogP contribution in [0.2, 0.25) is 0 Å². The topological polar surface area (TPSA) is 105 Å². The number of para-hydroxylation sites is 1. The lowest BCUT2D eigenvalue weighted by Gasteiger charge is -2.37. The molecule has 3 aromatic carbocycles. The molecule has 1 fully saturated rings. The van der Waals surface area contributed by atoms with Crippen LogP contribution in [0.25, 0.3) is 11.0 Å². The van der Waals surface area contributed by atoms with Crippen LogP contribution in [-0.4, -0.2) is 47.2 Å². The summed E-state index contributed by atoms with van der Waals surface area (Å²) in [6.07, 6.45) is 0. The summed E-state index contributed by atoms with van der Waals surface area (Å²) >= 11 is 0. The first-order valence-corrected chi connectivity index (χ1v) is 12.4. The molecule has 4 aromatic rings. The normalized spacial score (nSPS) is 14.3. The van der Waals surface area contributed by atoms with Gasteiger partial charge >= 0.3 is 5.97 Å². The number of carboxylic acid groups (broad SMARTS) is 1. The predicted octanol–water partition coefficient (Wildman–Crippen LogP) is 5.15. The monoisotopic (exact) mass is 510 g/mol. The summed E-state index contributed by atoms with van der Waals surface area (Å²) in [4.78, 5) is 25.6. The number of aromatic carboxylic acids is 1. The minimum absolute atomic E-state index is 0.189. The summed E-state index contributed by atoms with van der Waals surface area (Å²) < 4.78 is 13.3. The first-order chi connectivity index (χ1) is 18.3. The van der Waals surface area contributed by atoms with Crippen molar-refractivity contribution in [2.45, 2.75) is 19.9 Å². The van der Waals surface area contributed by atoms with Crippen molar-refractivity contribution >= 4 is 34.2 Å². The highest BCUT2D eigenvalue weighted by molar-refractivity contribution is 5.94. The van der Waals surface area contributed by atoms with Gasteiger partial charge in [-0.15, -0.1) is 0 Å². The highest BCUT2D eigenvalue weighted by atomic mass is 19.1. The van der Waals surface area contributed by atoms with E-state index in [1.807, 2.05) is 26.0 Å². The van der Waals surface area contributed by atoms with E-state index < -0.39 is 5.97 Å². The van der Waals surface area contributed by atoms with Gasteiger partial charge < -0.3 is 20.2 Å². The van der Waals surface area contributed by atoms with Crippen LogP contribution < -0.4 is 15.1 Å². The molecule has 0 bridgehead atoms. The number of nitriles is 1. The van der Waals surface area contributed by atoms with Gasteiger partial charge in [0.2, 0.25) is 0 Å². The van der Waals surface area contributed by atoms with Gasteiger partial charge in [-0.25, -0.2) is 19.2 Å². The summed E-state index contributed by atoms with van der Waals surface area (Å²) in [6.45, 7) is 6.56. The standard InChI is InChI=1S/C29H27FN6O2/c1-18-15-23(19(2)32-24-6-4-3-5-22(24)29(37)38)27-25(16-18)33-26(17-31)28(34-27)36-13-11-35(12-14-36)21-9-7-20(30)8-10-21/h3-10,15-16,19,32H,11-14H2,1-2H3,(H,37,38)/t19-/m1/s1. The number of carbonyl (C=O) groups is 1. The maximum absolute atomic E-state index is 13.3. The summed E-state index contributed by atoms with van der Waals surface area (Å²) in [5.41, 5.74) is 5.03. The van der Waals surface area contributed by atoms with Crippen LogP contribution in [0.5, 0.6) is 0 Å². The number of carboxylic acids is 1. The van der Waals surface area contributed by atoms with Crippen LogP contribution in [-0.2, 0) is 0 Å². The molecule has 0 amide bonds. The fourth-order valence-electron chi connectivity index (χ4n) is 4.88. The van der Waals surface area contributed by atoms with Gasteiger partial charge in [0.25, 0.3) is 0 Å². The number of hydrogen-bond acceptors (Lipinski definition) is 7. The minimum atomic E-state index is -1.00. The SMILES string of the molecule is Cc1cc([C@@H](C)Nc2ccccc2C(=O)O)c2nc(N3CCN(c4ccc(F)cc4)CC3)c(C#N)nc2c1. The van der Waals surface area contributed by atoms with Crippen LogP contribution in [0.3, 0.4) is 0 Å². The summed E-state index contributed by atoms with van der Waals surface area (Å²) in [5.74, 6) is -0.740. The number of anilines is 3. The highest BCUT2D eigenvalue weighted by Crippen LogP contribution is 2.31. The second-order valence-electron chi connectivity index (χ2n) is 9.40. The van der Waals surface area contributed by atoms with Crippen LogP contribution in [0, 0.1) is 24.1 Å². The van der Waals surface area contributed by atoms with E-state index in [2.05, 4.69) is 26.2 Å². The minimum Gasteiger partial charge on any atom is -0.478 e. The van der Waals surface area contributed by atoms with Crippen molar-refractivity contribution in [2.75, 3.05) is 41.3 Å². The quantitative estimate of drug-likeness (QED) is 0.367. The number of piperazine rings is 1. The number of nitrogens with one attached hydrogen (secondary N) is 1. The van der Waals surface area contributed by atoms with Crippen LogP contribution in [0.4, 0.5) is 21.6 Å². The predicted molar refractivity (Wildman–Crippen MR) is 145 cm³/mol. The molecule has 5 rings (SSSR count). The van der Waals surface area contributed by atoms with E-state index in [9.17, 15) is 19.6 Å². The molecule has 1 saturated heterocycles. The average Bonchev–Trinajstić information content (AvgIpc) is 2.92. The van der Waals surface area contributed by atoms with E-state index in [1.54, 1.807) is 36.4 Å². The molecule has 1 aromatic heterocycles. The number of halogens is 1. The molecule has 0 unspecified atom stereocenters. The molecule has 38 heavy (non-hydrogen) atoms. The maximum Gasteiger partial charge on any atom is 0.337 e. The molecule has 192 valence electrons. The molecule has 8 nitrogen and oxygen atoms in total. The van der Waals surface area contributed by atoms with Crippen LogP contribution in [0.1, 0.15) is 40.1 Å². The average molecular weight is 511 g/mol. The molecule has 2 N–H and O–H groups in total. The molecule has 1 atom stereocenters. The number of hydrogen-bond donors (Lipinski definition) is 2. The third-order valence-electron chi connectivity index (χ3n) is 6.80. The molecule has 2 heterocycles. The van der Waals surface area contributed by atoms with Gasteiger partial charge in [-0.2, -0.15) is 5.26 Å². The van der Waals surface area contributed by atoms with Crippen LogP contribution >= 0.6 is 0 Å². The Labute approximate surface area is 220 Å². The summed E-state index contributed by atoms with van der Waals surface area (Å²) in [5, 5.41) is 22.8. The Hall–Kier alpha value is -4.71. The van der Waals surface area contributed by atoms with Crippen LogP contribution in [0.15, 0.2) is 60.7 Å². The van der Waals surface area contributed by atoms with Crippen molar-refractivity contribution in [3.63, 3.8) is 0 Å². The zero-order chi connectivity index (χ0) is 26.8. The van der Waals surface area contributed by atoms with E-state index in [0.717, 1.165) is 16.8 Å². The highest BCUT2D eigenvalue weighted by Gasteiger charge is 2.24. The summed E-state index contributed by atoms with van der Waals surface area (Å²) in [7, 11) is 0. The first kappa shape index (κ1) is 25.0. The lowest BCUT2D eigenvalue weighted by molar-refractivity contribution is 0.0698. The molecule has 0 saturated carbocycles. The Morgan fingerprint density at radius 1 is 1.05 bits per heavy atom. The van der Waals surface area contributed by atoms with Crippen molar-refractivity contribution in [3.05, 3.63) is 88.9 Å². The van der Waals surface area contributed by atoms with E-state index in [0.29, 0.717) is 48.7 Å². The zero-order valence-corrected chi connectivity index (χ0v) is 21.1. The van der Waals surface area contributed by atoms with E-state index >= 15 is 0 Å². The van der Waals surface area contributed by atoms with Crippen molar-refractivity contribution in [1.29, 1.82) is 5.26 Å². The van der Waals surface area contributed by atoms with Crippen molar-refractivity contribution in [2.24, 2.45) is 0 Å². The largest absolute Gasteiger partial charge is 0.478 e. The van der Waals surface area contributed by atoms with Gasteiger partial charge in [-0.05, 0) is 61.9 Å². The Kier molecular flexibility index (Phi) is 6.79. The molecule has 0 radical (unpaired) electrons. The number of nitrogens with zero attached hydrogens (tertiary/aromatic N) is 5. The Bertz CT molecular complexity index is 1540. The van der Waals surface area contributed by atoms with Gasteiger partial charge in [0.15, 0.2) is 11.5 Å².